The van der Waals surface area contributed by atoms with Crippen LogP contribution in [0.5, 0.6) is 11.5 Å². The van der Waals surface area contributed by atoms with Crippen molar-refractivity contribution in [2.75, 3.05) is 25.2 Å². The minimum atomic E-state index is -0.459. The molecule has 1 unspecified atom stereocenters. The van der Waals surface area contributed by atoms with Gasteiger partial charge < -0.3 is 20.5 Å². The molecule has 20 heavy (non-hydrogen) atoms. The van der Waals surface area contributed by atoms with Gasteiger partial charge in [-0.25, -0.2) is 0 Å². The Hall–Kier alpha value is -1.40. The first-order valence-corrected chi connectivity index (χ1v) is 8.01. The summed E-state index contributed by atoms with van der Waals surface area (Å²) in [5.74, 6) is 2.20. The summed E-state index contributed by atoms with van der Waals surface area (Å²) in [6.45, 7) is 0.831. The lowest BCUT2D eigenvalue weighted by Crippen LogP contribution is -2.46. The van der Waals surface area contributed by atoms with Gasteiger partial charge in [0.05, 0.1) is 12.6 Å². The van der Waals surface area contributed by atoms with Crippen LogP contribution in [0, 0.1) is 0 Å². The van der Waals surface area contributed by atoms with Crippen molar-refractivity contribution in [3.8, 4) is 11.5 Å². The summed E-state index contributed by atoms with van der Waals surface area (Å²) < 4.78 is 11.3. The average Bonchev–Trinajstić information content (AvgIpc) is 2.50. The number of thioether (sulfide) groups is 1. The fourth-order valence-corrected chi connectivity index (χ4v) is 2.37. The zero-order valence-corrected chi connectivity index (χ0v) is 12.3. The third-order valence-electron chi connectivity index (χ3n) is 3.04. The average molecular weight is 296 g/mol. The topological polar surface area (TPSA) is 73.6 Å². The minimum absolute atomic E-state index is 0.137. The molecule has 1 amide bonds. The van der Waals surface area contributed by atoms with Crippen LogP contribution in [0.3, 0.4) is 0 Å². The molecular formula is C14H20N2O3S. The number of carbonyl (C=O) groups is 1. The first-order chi connectivity index (χ1) is 9.70. The van der Waals surface area contributed by atoms with Crippen molar-refractivity contribution >= 4 is 17.7 Å². The zero-order valence-electron chi connectivity index (χ0n) is 11.5. The third kappa shape index (κ3) is 4.05. The van der Waals surface area contributed by atoms with Crippen LogP contribution in [0.4, 0.5) is 0 Å². The molecule has 0 radical (unpaired) electrons. The molecule has 0 spiro atoms. The van der Waals surface area contributed by atoms with Gasteiger partial charge in [0, 0.05) is 0 Å². The SMILES string of the molecule is CSCC[C@H](N)C(=O)NCC1COc2ccccc2O1. The van der Waals surface area contributed by atoms with Crippen molar-refractivity contribution in [3.63, 3.8) is 0 Å². The van der Waals surface area contributed by atoms with Crippen molar-refractivity contribution in [2.24, 2.45) is 5.73 Å². The largest absolute Gasteiger partial charge is 0.486 e. The van der Waals surface area contributed by atoms with Gasteiger partial charge in [0.1, 0.15) is 12.7 Å². The van der Waals surface area contributed by atoms with Crippen LogP contribution in [0.2, 0.25) is 0 Å². The predicted molar refractivity (Wildman–Crippen MR) is 80.3 cm³/mol. The quantitative estimate of drug-likeness (QED) is 0.820. The molecule has 3 N–H and O–H groups in total. The summed E-state index contributed by atoms with van der Waals surface area (Å²) in [4.78, 5) is 11.8. The molecule has 110 valence electrons. The zero-order chi connectivity index (χ0) is 14.4. The van der Waals surface area contributed by atoms with E-state index in [0.717, 1.165) is 11.5 Å². The molecule has 1 aliphatic heterocycles. The van der Waals surface area contributed by atoms with E-state index in [1.165, 1.54) is 0 Å². The van der Waals surface area contributed by atoms with Gasteiger partial charge in [0.15, 0.2) is 11.5 Å². The number of nitrogens with two attached hydrogens (primary N) is 1. The second kappa shape index (κ2) is 7.40. The van der Waals surface area contributed by atoms with Crippen LogP contribution < -0.4 is 20.5 Å². The lowest BCUT2D eigenvalue weighted by Gasteiger charge is -2.26. The van der Waals surface area contributed by atoms with Crippen LogP contribution in [-0.4, -0.2) is 43.2 Å². The number of carbonyl (C=O) groups excluding carboxylic acids is 1. The number of ether oxygens (including phenoxy) is 2. The van der Waals surface area contributed by atoms with Crippen LogP contribution in [-0.2, 0) is 4.79 Å². The van der Waals surface area contributed by atoms with Gasteiger partial charge in [0.25, 0.3) is 0 Å². The molecular weight excluding hydrogens is 276 g/mol. The van der Waals surface area contributed by atoms with Gasteiger partial charge in [-0.1, -0.05) is 12.1 Å². The van der Waals surface area contributed by atoms with E-state index in [1.54, 1.807) is 11.8 Å². The third-order valence-corrected chi connectivity index (χ3v) is 3.69. The Morgan fingerprint density at radius 3 is 3.00 bits per heavy atom. The number of para-hydroxylation sites is 2. The molecule has 0 aromatic heterocycles. The Labute approximate surface area is 123 Å². The molecule has 0 fully saturated rings. The van der Waals surface area contributed by atoms with Crippen molar-refractivity contribution in [1.82, 2.24) is 5.32 Å². The van der Waals surface area contributed by atoms with Gasteiger partial charge in [-0.2, -0.15) is 11.8 Å². The smallest absolute Gasteiger partial charge is 0.237 e. The van der Waals surface area contributed by atoms with Crippen molar-refractivity contribution in [1.29, 1.82) is 0 Å². The Bertz CT molecular complexity index is 456. The standard InChI is InChI=1S/C14H20N2O3S/c1-20-7-6-11(15)14(17)16-8-10-9-18-12-4-2-3-5-13(12)19-10/h2-5,10-11H,6-9,15H2,1H3,(H,16,17)/t10?,11-/m0/s1. The summed E-state index contributed by atoms with van der Waals surface area (Å²) in [6.07, 6.45) is 2.49. The lowest BCUT2D eigenvalue weighted by molar-refractivity contribution is -0.122. The number of hydrogen-bond acceptors (Lipinski definition) is 5. The van der Waals surface area contributed by atoms with E-state index in [-0.39, 0.29) is 12.0 Å². The monoisotopic (exact) mass is 296 g/mol. The van der Waals surface area contributed by atoms with Crippen molar-refractivity contribution in [3.05, 3.63) is 24.3 Å². The van der Waals surface area contributed by atoms with E-state index in [1.807, 2.05) is 30.5 Å². The molecule has 1 aromatic rings. The fraction of sp³-hybridized carbons (Fsp3) is 0.500. The highest BCUT2D eigenvalue weighted by Gasteiger charge is 2.22. The molecule has 0 saturated heterocycles. The molecule has 1 heterocycles. The van der Waals surface area contributed by atoms with Crippen molar-refractivity contribution in [2.45, 2.75) is 18.6 Å². The van der Waals surface area contributed by atoms with Gasteiger partial charge in [-0.3, -0.25) is 4.79 Å². The first-order valence-electron chi connectivity index (χ1n) is 6.61. The number of fused-ring (bicyclic) bond motifs is 1. The van der Waals surface area contributed by atoms with Crippen LogP contribution >= 0.6 is 11.8 Å². The Morgan fingerprint density at radius 1 is 1.50 bits per heavy atom. The molecule has 2 atom stereocenters. The molecule has 1 aliphatic rings. The number of nitrogens with one attached hydrogen (secondary N) is 1. The first kappa shape index (κ1) is 15.0. The number of amides is 1. The van der Waals surface area contributed by atoms with E-state index >= 15 is 0 Å². The number of benzene rings is 1. The Morgan fingerprint density at radius 2 is 2.25 bits per heavy atom. The van der Waals surface area contributed by atoms with E-state index < -0.39 is 6.04 Å². The van der Waals surface area contributed by atoms with Gasteiger partial charge in [0.2, 0.25) is 5.91 Å². The predicted octanol–water partition coefficient (Wildman–Crippen LogP) is 1.02. The summed E-state index contributed by atoms with van der Waals surface area (Å²) in [6, 6.07) is 7.05. The molecule has 6 heteroatoms. The Kier molecular flexibility index (Phi) is 5.55. The van der Waals surface area contributed by atoms with Gasteiger partial charge in [-0.05, 0) is 30.6 Å². The van der Waals surface area contributed by atoms with E-state index in [9.17, 15) is 4.79 Å². The normalized spacial score (nSPS) is 18.4. The summed E-state index contributed by atoms with van der Waals surface area (Å²) >= 11 is 1.68. The van der Waals surface area contributed by atoms with Crippen LogP contribution in [0.25, 0.3) is 0 Å². The maximum Gasteiger partial charge on any atom is 0.237 e. The minimum Gasteiger partial charge on any atom is -0.486 e. The molecule has 0 aliphatic carbocycles. The van der Waals surface area contributed by atoms with E-state index in [0.29, 0.717) is 25.3 Å². The summed E-state index contributed by atoms with van der Waals surface area (Å²) in [5.41, 5.74) is 5.80. The van der Waals surface area contributed by atoms with Gasteiger partial charge >= 0.3 is 0 Å². The molecule has 5 nitrogen and oxygen atoms in total. The van der Waals surface area contributed by atoms with Crippen LogP contribution in [0.1, 0.15) is 6.42 Å². The maximum atomic E-state index is 11.8. The van der Waals surface area contributed by atoms with E-state index in [2.05, 4.69) is 5.32 Å². The molecule has 0 bridgehead atoms. The summed E-state index contributed by atoms with van der Waals surface area (Å²) in [7, 11) is 0. The van der Waals surface area contributed by atoms with Crippen molar-refractivity contribution < 1.29 is 14.3 Å². The molecule has 1 aromatic carbocycles. The molecule has 0 saturated carbocycles. The number of hydrogen-bond donors (Lipinski definition) is 2. The summed E-state index contributed by atoms with van der Waals surface area (Å²) in [5, 5.41) is 2.81. The van der Waals surface area contributed by atoms with Gasteiger partial charge in [-0.15, -0.1) is 0 Å². The second-order valence-electron chi connectivity index (χ2n) is 4.63. The Balaban J connectivity index is 1.77. The van der Waals surface area contributed by atoms with E-state index in [4.69, 9.17) is 15.2 Å². The highest BCUT2D eigenvalue weighted by Crippen LogP contribution is 2.30. The molecule has 2 rings (SSSR count). The highest BCUT2D eigenvalue weighted by molar-refractivity contribution is 7.98. The maximum absolute atomic E-state index is 11.8. The fourth-order valence-electron chi connectivity index (χ4n) is 1.89. The number of rotatable bonds is 6. The second-order valence-corrected chi connectivity index (χ2v) is 5.62. The highest BCUT2D eigenvalue weighted by atomic mass is 32.2. The van der Waals surface area contributed by atoms with Crippen LogP contribution in [0.15, 0.2) is 24.3 Å². The lowest BCUT2D eigenvalue weighted by atomic mass is 10.2.